The summed E-state index contributed by atoms with van der Waals surface area (Å²) < 4.78 is 6.58. The molecule has 0 fully saturated rings. The van der Waals surface area contributed by atoms with E-state index in [9.17, 15) is 0 Å². The minimum absolute atomic E-state index is 1.14. The number of benzene rings is 3. The molecule has 3 rings (SSSR count). The van der Waals surface area contributed by atoms with Crippen molar-refractivity contribution in [3.63, 3.8) is 0 Å². The summed E-state index contributed by atoms with van der Waals surface area (Å²) in [7, 11) is 0. The molecule has 0 bridgehead atoms. The van der Waals surface area contributed by atoms with Gasteiger partial charge < -0.3 is 0 Å². The number of hydrogen-bond donors (Lipinski definition) is 0. The first kappa shape index (κ1) is 20.1. The normalized spacial score (nSPS) is 11.7. The van der Waals surface area contributed by atoms with Crippen LogP contribution in [-0.2, 0) is 31.0 Å². The van der Waals surface area contributed by atoms with Gasteiger partial charge in [-0.1, -0.05) is 0 Å². The number of rotatable bonds is 9. The van der Waals surface area contributed by atoms with Crippen molar-refractivity contribution in [1.82, 2.24) is 3.38 Å². The summed E-state index contributed by atoms with van der Waals surface area (Å²) in [4.78, 5) is 0. The van der Waals surface area contributed by atoms with E-state index >= 15 is 0 Å². The molecule has 0 saturated carbocycles. The SMILES string of the molecule is CC[N](CC)[Ti]([CH2]c1ccccc1)([CH2]c1ccccc1)[CH2]c1ccccc1. The first-order valence-electron chi connectivity index (χ1n) is 10.1. The average Bonchev–Trinajstić information content (AvgIpc) is 2.71. The molecule has 140 valence electrons. The fourth-order valence-corrected chi connectivity index (χ4v) is 12.7. The molecule has 0 aliphatic carbocycles. The Hall–Kier alpha value is -1.67. The van der Waals surface area contributed by atoms with Gasteiger partial charge in [-0.25, -0.2) is 0 Å². The van der Waals surface area contributed by atoms with E-state index in [2.05, 4.69) is 108 Å². The molecule has 0 heterocycles. The second-order valence-electron chi connectivity index (χ2n) is 7.38. The van der Waals surface area contributed by atoms with Gasteiger partial charge in [0, 0.05) is 0 Å². The van der Waals surface area contributed by atoms with E-state index < -0.39 is 16.8 Å². The third-order valence-electron chi connectivity index (χ3n) is 5.56. The van der Waals surface area contributed by atoms with Gasteiger partial charge in [-0.05, 0) is 0 Å². The zero-order chi connectivity index (χ0) is 19.0. The molecule has 0 spiro atoms. The molecular formula is C25H31NTi. The average molecular weight is 393 g/mol. The van der Waals surface area contributed by atoms with E-state index in [1.807, 2.05) is 0 Å². The summed E-state index contributed by atoms with van der Waals surface area (Å²) in [5, 5.41) is 0. The molecule has 27 heavy (non-hydrogen) atoms. The van der Waals surface area contributed by atoms with Gasteiger partial charge >= 0.3 is 169 Å². The van der Waals surface area contributed by atoms with Crippen molar-refractivity contribution in [2.75, 3.05) is 13.1 Å². The first-order valence-corrected chi connectivity index (χ1v) is 14.1. The first-order chi connectivity index (χ1) is 13.3. The second kappa shape index (κ2) is 10.0. The Balaban J connectivity index is 2.04. The van der Waals surface area contributed by atoms with E-state index in [-0.39, 0.29) is 0 Å². The van der Waals surface area contributed by atoms with Crippen LogP contribution >= 0.6 is 0 Å². The van der Waals surface area contributed by atoms with Crippen LogP contribution in [0, 0.1) is 0 Å². The number of hydrogen-bond acceptors (Lipinski definition) is 1. The van der Waals surface area contributed by atoms with Gasteiger partial charge in [0.1, 0.15) is 0 Å². The quantitative estimate of drug-likeness (QED) is 0.403. The van der Waals surface area contributed by atoms with E-state index in [0.29, 0.717) is 0 Å². The van der Waals surface area contributed by atoms with Crippen LogP contribution in [0.25, 0.3) is 0 Å². The number of nitrogens with zero attached hydrogens (tertiary/aromatic N) is 1. The summed E-state index contributed by atoms with van der Waals surface area (Å²) in [5.74, 6) is 0. The van der Waals surface area contributed by atoms with Crippen LogP contribution in [0.5, 0.6) is 0 Å². The van der Waals surface area contributed by atoms with Gasteiger partial charge in [0.05, 0.1) is 0 Å². The molecule has 2 heteroatoms. The maximum absolute atomic E-state index is 2.85. The van der Waals surface area contributed by atoms with E-state index in [1.165, 1.54) is 30.9 Å². The fourth-order valence-electron chi connectivity index (χ4n) is 4.34. The third-order valence-corrected chi connectivity index (χ3v) is 13.6. The van der Waals surface area contributed by atoms with Crippen molar-refractivity contribution in [2.24, 2.45) is 0 Å². The van der Waals surface area contributed by atoms with Crippen molar-refractivity contribution in [3.8, 4) is 0 Å². The zero-order valence-corrected chi connectivity index (χ0v) is 18.2. The van der Waals surface area contributed by atoms with E-state index in [4.69, 9.17) is 0 Å². The van der Waals surface area contributed by atoms with Crippen LogP contribution in [0.15, 0.2) is 91.0 Å². The Labute approximate surface area is 168 Å². The molecule has 0 aliphatic rings. The molecule has 3 aromatic rings. The fraction of sp³-hybridized carbons (Fsp3) is 0.280. The third kappa shape index (κ3) is 5.42. The van der Waals surface area contributed by atoms with Crippen LogP contribution < -0.4 is 0 Å². The maximum atomic E-state index is 2.85. The van der Waals surface area contributed by atoms with Gasteiger partial charge in [-0.3, -0.25) is 0 Å². The summed E-state index contributed by atoms with van der Waals surface area (Å²) >= 11 is -2.47. The van der Waals surface area contributed by atoms with Crippen LogP contribution in [-0.4, -0.2) is 16.5 Å². The molecule has 0 aromatic heterocycles. The van der Waals surface area contributed by atoms with E-state index in [1.54, 1.807) is 0 Å². The summed E-state index contributed by atoms with van der Waals surface area (Å²) in [6.07, 6.45) is 0. The Bertz CT molecular complexity index is 681. The van der Waals surface area contributed by atoms with Gasteiger partial charge in [0.2, 0.25) is 0 Å². The van der Waals surface area contributed by atoms with Crippen LogP contribution in [0.4, 0.5) is 0 Å². The van der Waals surface area contributed by atoms with Gasteiger partial charge in [-0.15, -0.1) is 0 Å². The molecule has 0 unspecified atom stereocenters. The Morgan fingerprint density at radius 2 is 0.815 bits per heavy atom. The molecule has 0 aliphatic heterocycles. The molecule has 0 amide bonds. The molecule has 1 nitrogen and oxygen atoms in total. The summed E-state index contributed by atoms with van der Waals surface area (Å²) in [6.45, 7) is 6.96. The zero-order valence-electron chi connectivity index (χ0n) is 16.6. The topological polar surface area (TPSA) is 3.24 Å². The van der Waals surface area contributed by atoms with Crippen LogP contribution in [0.2, 0.25) is 0 Å². The standard InChI is InChI=1S/3C7H7.C4H10N.Ti/c3*1-7-5-3-2-4-6-7;1-3-5-4-2;/h3*2-6H,1H2;3-4H2,1-2H3;/q;;;-1;+1. The Kier molecular flexibility index (Phi) is 7.46. The predicted molar refractivity (Wildman–Crippen MR) is 113 cm³/mol. The molecule has 0 saturated heterocycles. The van der Waals surface area contributed by atoms with Crippen molar-refractivity contribution >= 4 is 0 Å². The minimum atomic E-state index is -2.47. The molecular weight excluding hydrogens is 362 g/mol. The van der Waals surface area contributed by atoms with Gasteiger partial charge in [0.15, 0.2) is 0 Å². The van der Waals surface area contributed by atoms with Crippen molar-refractivity contribution in [1.29, 1.82) is 0 Å². The molecule has 3 aromatic carbocycles. The molecule has 0 N–H and O–H groups in total. The van der Waals surface area contributed by atoms with Crippen molar-refractivity contribution < 1.29 is 16.8 Å². The van der Waals surface area contributed by atoms with Crippen molar-refractivity contribution in [3.05, 3.63) is 108 Å². The monoisotopic (exact) mass is 393 g/mol. The van der Waals surface area contributed by atoms with Gasteiger partial charge in [-0.2, -0.15) is 0 Å². The second-order valence-corrected chi connectivity index (χ2v) is 13.9. The molecule has 0 radical (unpaired) electrons. The van der Waals surface area contributed by atoms with Gasteiger partial charge in [0.25, 0.3) is 0 Å². The predicted octanol–water partition coefficient (Wildman–Crippen LogP) is 6.00. The Morgan fingerprint density at radius 3 is 1.07 bits per heavy atom. The molecule has 0 atom stereocenters. The Morgan fingerprint density at radius 1 is 0.519 bits per heavy atom. The van der Waals surface area contributed by atoms with Crippen LogP contribution in [0.1, 0.15) is 30.5 Å². The van der Waals surface area contributed by atoms with Crippen LogP contribution in [0.3, 0.4) is 0 Å². The van der Waals surface area contributed by atoms with E-state index in [0.717, 1.165) is 13.1 Å². The van der Waals surface area contributed by atoms with Crippen molar-refractivity contribution in [2.45, 2.75) is 28.0 Å². The summed E-state index contributed by atoms with van der Waals surface area (Å²) in [6, 6.07) is 33.4. The summed E-state index contributed by atoms with van der Waals surface area (Å²) in [5.41, 5.74) is 4.49.